The second-order valence-corrected chi connectivity index (χ2v) is 7.12. The molecule has 0 radical (unpaired) electrons. The van der Waals surface area contributed by atoms with Crippen molar-refractivity contribution in [1.29, 1.82) is 0 Å². The molecule has 2 amide bonds. The van der Waals surface area contributed by atoms with Gasteiger partial charge in [0.2, 0.25) is 11.8 Å². The van der Waals surface area contributed by atoms with Crippen molar-refractivity contribution < 1.29 is 28.6 Å². The number of hydrogen-bond acceptors (Lipinski definition) is 6. The molecular formula is C21H19FN2O5. The monoisotopic (exact) mass is 398 g/mol. The summed E-state index contributed by atoms with van der Waals surface area (Å²) in [5.74, 6) is -4.99. The SMILES string of the molecule is COC(=O)C1(CO)NC(c2ccccc2F)C2C(=O)N(c3ccccc3)C(=O)C21. The third kappa shape index (κ3) is 2.67. The average molecular weight is 398 g/mol. The summed E-state index contributed by atoms with van der Waals surface area (Å²) in [4.78, 5) is 40.3. The number of imide groups is 1. The molecule has 0 saturated carbocycles. The molecule has 2 aliphatic heterocycles. The van der Waals surface area contributed by atoms with E-state index in [1.54, 1.807) is 36.4 Å². The maximum absolute atomic E-state index is 14.6. The van der Waals surface area contributed by atoms with Crippen molar-refractivity contribution >= 4 is 23.5 Å². The zero-order chi connectivity index (χ0) is 20.8. The van der Waals surface area contributed by atoms with Crippen LogP contribution in [-0.4, -0.2) is 42.1 Å². The largest absolute Gasteiger partial charge is 0.468 e. The van der Waals surface area contributed by atoms with E-state index in [4.69, 9.17) is 4.74 Å². The van der Waals surface area contributed by atoms with E-state index in [2.05, 4.69) is 5.32 Å². The number of fused-ring (bicyclic) bond motifs is 1. The first-order valence-electron chi connectivity index (χ1n) is 9.10. The zero-order valence-electron chi connectivity index (χ0n) is 15.5. The molecule has 2 heterocycles. The third-order valence-electron chi connectivity index (χ3n) is 5.71. The van der Waals surface area contributed by atoms with Gasteiger partial charge < -0.3 is 9.84 Å². The van der Waals surface area contributed by atoms with Gasteiger partial charge in [0.05, 0.1) is 31.2 Å². The van der Waals surface area contributed by atoms with Crippen LogP contribution in [0.1, 0.15) is 11.6 Å². The van der Waals surface area contributed by atoms with Crippen LogP contribution in [0.3, 0.4) is 0 Å². The molecule has 2 aliphatic rings. The highest BCUT2D eigenvalue weighted by Crippen LogP contribution is 2.50. The number of para-hydroxylation sites is 1. The lowest BCUT2D eigenvalue weighted by atomic mass is 9.79. The first-order valence-corrected chi connectivity index (χ1v) is 9.10. The van der Waals surface area contributed by atoms with Crippen molar-refractivity contribution in [3.63, 3.8) is 0 Å². The smallest absolute Gasteiger partial charge is 0.329 e. The summed E-state index contributed by atoms with van der Waals surface area (Å²) < 4.78 is 19.4. The molecule has 2 fully saturated rings. The van der Waals surface area contributed by atoms with Crippen LogP contribution in [0.15, 0.2) is 54.6 Å². The lowest BCUT2D eigenvalue weighted by molar-refractivity contribution is -0.154. The summed E-state index contributed by atoms with van der Waals surface area (Å²) in [7, 11) is 1.13. The number of rotatable bonds is 4. The maximum Gasteiger partial charge on any atom is 0.329 e. The van der Waals surface area contributed by atoms with Gasteiger partial charge in [0.15, 0.2) is 5.54 Å². The Kier molecular flexibility index (Phi) is 4.68. The predicted octanol–water partition coefficient (Wildman–Crippen LogP) is 1.18. The van der Waals surface area contributed by atoms with E-state index in [9.17, 15) is 23.9 Å². The lowest BCUT2D eigenvalue weighted by Gasteiger charge is -2.30. The average Bonchev–Trinajstić information content (AvgIpc) is 3.23. The number of carbonyl (C=O) groups is 3. The third-order valence-corrected chi connectivity index (χ3v) is 5.71. The van der Waals surface area contributed by atoms with Gasteiger partial charge >= 0.3 is 5.97 Å². The Morgan fingerprint density at radius 1 is 1.14 bits per heavy atom. The first kappa shape index (κ1) is 19.2. The molecule has 29 heavy (non-hydrogen) atoms. The fourth-order valence-electron chi connectivity index (χ4n) is 4.41. The van der Waals surface area contributed by atoms with E-state index < -0.39 is 53.6 Å². The normalized spacial score (nSPS) is 28.5. The molecule has 0 bridgehead atoms. The Morgan fingerprint density at radius 2 is 1.79 bits per heavy atom. The topological polar surface area (TPSA) is 95.9 Å². The molecular weight excluding hydrogens is 379 g/mol. The van der Waals surface area contributed by atoms with Gasteiger partial charge in [-0.15, -0.1) is 0 Å². The summed E-state index contributed by atoms with van der Waals surface area (Å²) in [6.45, 7) is -0.784. The van der Waals surface area contributed by atoms with Crippen molar-refractivity contribution in [2.45, 2.75) is 11.6 Å². The van der Waals surface area contributed by atoms with Crippen LogP contribution in [0.2, 0.25) is 0 Å². The molecule has 4 unspecified atom stereocenters. The number of carbonyl (C=O) groups excluding carboxylic acids is 3. The lowest BCUT2D eigenvalue weighted by Crippen LogP contribution is -2.59. The van der Waals surface area contributed by atoms with Gasteiger partial charge in [-0.25, -0.2) is 14.1 Å². The number of esters is 1. The minimum absolute atomic E-state index is 0.137. The Labute approximate surface area is 166 Å². The van der Waals surface area contributed by atoms with E-state index in [1.807, 2.05) is 0 Å². The Morgan fingerprint density at radius 3 is 2.41 bits per heavy atom. The van der Waals surface area contributed by atoms with Gasteiger partial charge in [-0.05, 0) is 18.2 Å². The fourth-order valence-corrected chi connectivity index (χ4v) is 4.41. The van der Waals surface area contributed by atoms with Gasteiger partial charge in [-0.1, -0.05) is 36.4 Å². The minimum Gasteiger partial charge on any atom is -0.468 e. The van der Waals surface area contributed by atoms with E-state index in [0.29, 0.717) is 5.69 Å². The second kappa shape index (κ2) is 7.06. The second-order valence-electron chi connectivity index (χ2n) is 7.12. The van der Waals surface area contributed by atoms with Crippen molar-refractivity contribution in [1.82, 2.24) is 5.32 Å². The van der Waals surface area contributed by atoms with Crippen LogP contribution in [0.4, 0.5) is 10.1 Å². The van der Waals surface area contributed by atoms with Gasteiger partial charge in [-0.2, -0.15) is 0 Å². The van der Waals surface area contributed by atoms with Crippen molar-refractivity contribution in [2.24, 2.45) is 11.8 Å². The summed E-state index contributed by atoms with van der Waals surface area (Å²) in [5.41, 5.74) is -1.37. The van der Waals surface area contributed by atoms with Gasteiger partial charge in [0.1, 0.15) is 5.82 Å². The number of hydrogen-bond donors (Lipinski definition) is 2. The van der Waals surface area contributed by atoms with E-state index >= 15 is 0 Å². The highest BCUT2D eigenvalue weighted by Gasteiger charge is 2.69. The number of aliphatic hydroxyl groups excluding tert-OH is 1. The number of aliphatic hydroxyl groups is 1. The molecule has 0 aromatic heterocycles. The summed E-state index contributed by atoms with van der Waals surface area (Å²) in [6, 6.07) is 13.1. The van der Waals surface area contributed by atoms with E-state index in [0.717, 1.165) is 12.0 Å². The number of methoxy groups -OCH3 is 1. The minimum atomic E-state index is -1.86. The molecule has 8 heteroatoms. The van der Waals surface area contributed by atoms with Crippen LogP contribution in [0, 0.1) is 17.7 Å². The number of anilines is 1. The number of nitrogens with zero attached hydrogens (tertiary/aromatic N) is 1. The number of halogens is 1. The molecule has 0 aliphatic carbocycles. The fraction of sp³-hybridized carbons (Fsp3) is 0.286. The highest BCUT2D eigenvalue weighted by atomic mass is 19.1. The zero-order valence-corrected chi connectivity index (χ0v) is 15.5. The van der Waals surface area contributed by atoms with Crippen LogP contribution >= 0.6 is 0 Å². The number of ether oxygens (including phenoxy) is 1. The number of nitrogens with one attached hydrogen (secondary N) is 1. The van der Waals surface area contributed by atoms with Crippen LogP contribution in [-0.2, 0) is 19.1 Å². The molecule has 150 valence electrons. The van der Waals surface area contributed by atoms with Crippen LogP contribution in [0.5, 0.6) is 0 Å². The Bertz CT molecular complexity index is 982. The van der Waals surface area contributed by atoms with Crippen molar-refractivity contribution in [2.75, 3.05) is 18.6 Å². The van der Waals surface area contributed by atoms with E-state index in [1.165, 1.54) is 18.2 Å². The molecule has 2 saturated heterocycles. The maximum atomic E-state index is 14.6. The predicted molar refractivity (Wildman–Crippen MR) is 100 cm³/mol. The molecule has 4 atom stereocenters. The summed E-state index contributed by atoms with van der Waals surface area (Å²) in [5, 5.41) is 13.0. The first-order chi connectivity index (χ1) is 14.0. The Balaban J connectivity index is 1.88. The van der Waals surface area contributed by atoms with Crippen LogP contribution in [0.25, 0.3) is 0 Å². The highest BCUT2D eigenvalue weighted by molar-refractivity contribution is 6.24. The standard InChI is InChI=1S/C21H19FN2O5/c1-29-20(28)21(11-25)16-15(17(23-21)13-9-5-6-10-14(13)22)18(26)24(19(16)27)12-7-3-2-4-8-12/h2-10,15-17,23,25H,11H2,1H3. The molecule has 7 nitrogen and oxygen atoms in total. The van der Waals surface area contributed by atoms with Crippen molar-refractivity contribution in [3.8, 4) is 0 Å². The van der Waals surface area contributed by atoms with Gasteiger partial charge in [0, 0.05) is 11.6 Å². The van der Waals surface area contributed by atoms with Gasteiger partial charge in [0.25, 0.3) is 0 Å². The molecule has 0 spiro atoms. The van der Waals surface area contributed by atoms with Gasteiger partial charge in [-0.3, -0.25) is 14.9 Å². The van der Waals surface area contributed by atoms with Crippen LogP contribution < -0.4 is 10.2 Å². The van der Waals surface area contributed by atoms with Crippen molar-refractivity contribution in [3.05, 3.63) is 66.0 Å². The van der Waals surface area contributed by atoms with E-state index in [-0.39, 0.29) is 5.56 Å². The molecule has 2 aromatic carbocycles. The summed E-state index contributed by atoms with van der Waals surface area (Å²) >= 11 is 0. The molecule has 2 aromatic rings. The summed E-state index contributed by atoms with van der Waals surface area (Å²) in [6.07, 6.45) is 0. The quantitative estimate of drug-likeness (QED) is 0.593. The molecule has 4 rings (SSSR count). The number of benzene rings is 2. The Hall–Kier alpha value is -3.10. The number of amides is 2. The molecule has 2 N–H and O–H groups in total.